The number of hydrogen-bond acceptors (Lipinski definition) is 5. The summed E-state index contributed by atoms with van der Waals surface area (Å²) in [4.78, 5) is 28.2. The molecule has 0 saturated carbocycles. The molecule has 10 heteroatoms. The molecule has 1 atom stereocenters. The number of nitrogens with zero attached hydrogens (tertiary/aromatic N) is 2. The van der Waals surface area contributed by atoms with Crippen molar-refractivity contribution in [2.45, 2.75) is 44.7 Å². The Labute approximate surface area is 239 Å². The highest BCUT2D eigenvalue weighted by Gasteiger charge is 2.32. The summed E-state index contributed by atoms with van der Waals surface area (Å²) in [5.74, 6) is -0.295. The van der Waals surface area contributed by atoms with Crippen molar-refractivity contribution in [1.82, 2.24) is 10.2 Å². The van der Waals surface area contributed by atoms with Gasteiger partial charge in [-0.15, -0.1) is 0 Å². The summed E-state index contributed by atoms with van der Waals surface area (Å²) >= 11 is 3.41. The molecule has 0 heterocycles. The quantitative estimate of drug-likeness (QED) is 0.312. The molecular weight excluding hydrogens is 582 g/mol. The summed E-state index contributed by atoms with van der Waals surface area (Å²) in [5, 5.41) is 2.84. The zero-order valence-electron chi connectivity index (χ0n) is 22.6. The predicted octanol–water partition coefficient (Wildman–Crippen LogP) is 4.90. The minimum Gasteiger partial charge on any atom is -0.497 e. The minimum atomic E-state index is -4.14. The SMILES string of the molecule is CCCNC(=O)[C@H](C)N(Cc1ccc(Br)cc1)C(=O)CN(c1ccc(C)cc1)S(=O)(=O)c1ccc(OC)cc1. The molecule has 2 amide bonds. The topological polar surface area (TPSA) is 96.0 Å². The van der Waals surface area contributed by atoms with E-state index in [1.165, 1.54) is 24.1 Å². The molecule has 39 heavy (non-hydrogen) atoms. The Balaban J connectivity index is 2.00. The summed E-state index contributed by atoms with van der Waals surface area (Å²) < 4.78 is 34.8. The number of benzene rings is 3. The van der Waals surface area contributed by atoms with Gasteiger partial charge in [-0.25, -0.2) is 8.42 Å². The standard InChI is InChI=1S/C29H34BrN3O5S/c1-5-18-31-29(35)22(3)32(19-23-8-10-24(30)11-9-23)28(34)20-33(25-12-6-21(2)7-13-25)39(36,37)27-16-14-26(38-4)15-17-27/h6-17,22H,5,18-20H2,1-4H3,(H,31,35)/t22-/m0/s1. The van der Waals surface area contributed by atoms with Crippen LogP contribution in [-0.2, 0) is 26.2 Å². The first kappa shape index (κ1) is 30.2. The van der Waals surface area contributed by atoms with Crippen LogP contribution in [0.3, 0.4) is 0 Å². The van der Waals surface area contributed by atoms with Gasteiger partial charge in [-0.05, 0) is 74.4 Å². The molecule has 208 valence electrons. The van der Waals surface area contributed by atoms with Crippen LogP contribution in [0, 0.1) is 6.92 Å². The summed E-state index contributed by atoms with van der Waals surface area (Å²) in [5.41, 5.74) is 2.10. The lowest BCUT2D eigenvalue weighted by Gasteiger charge is -2.32. The average Bonchev–Trinajstić information content (AvgIpc) is 2.94. The number of aryl methyl sites for hydroxylation is 1. The number of halogens is 1. The number of methoxy groups -OCH3 is 1. The van der Waals surface area contributed by atoms with Gasteiger partial charge in [0.25, 0.3) is 10.0 Å². The normalized spacial score (nSPS) is 11.9. The summed E-state index contributed by atoms with van der Waals surface area (Å²) in [6.45, 7) is 5.62. The van der Waals surface area contributed by atoms with Crippen LogP contribution in [0.1, 0.15) is 31.4 Å². The highest BCUT2D eigenvalue weighted by atomic mass is 79.9. The van der Waals surface area contributed by atoms with E-state index in [-0.39, 0.29) is 17.3 Å². The van der Waals surface area contributed by atoms with Crippen LogP contribution in [0.15, 0.2) is 82.2 Å². The van der Waals surface area contributed by atoms with E-state index in [4.69, 9.17) is 4.74 Å². The van der Waals surface area contributed by atoms with Gasteiger partial charge in [0.05, 0.1) is 17.7 Å². The molecule has 0 aliphatic carbocycles. The number of nitrogens with one attached hydrogen (secondary N) is 1. The van der Waals surface area contributed by atoms with Crippen LogP contribution >= 0.6 is 15.9 Å². The van der Waals surface area contributed by atoms with Crippen LogP contribution < -0.4 is 14.4 Å². The van der Waals surface area contributed by atoms with Crippen molar-refractivity contribution >= 4 is 43.5 Å². The number of amides is 2. The third kappa shape index (κ3) is 7.83. The number of ether oxygens (including phenoxy) is 1. The molecule has 0 unspecified atom stereocenters. The Hall–Kier alpha value is -3.37. The monoisotopic (exact) mass is 615 g/mol. The van der Waals surface area contributed by atoms with Crippen molar-refractivity contribution in [2.24, 2.45) is 0 Å². The van der Waals surface area contributed by atoms with Crippen molar-refractivity contribution in [2.75, 3.05) is 24.5 Å². The molecule has 0 aromatic heterocycles. The van der Waals surface area contributed by atoms with E-state index in [0.717, 1.165) is 26.3 Å². The van der Waals surface area contributed by atoms with Crippen LogP contribution in [0.25, 0.3) is 0 Å². The van der Waals surface area contributed by atoms with Gasteiger partial charge in [-0.1, -0.05) is 52.7 Å². The molecule has 0 bridgehead atoms. The molecule has 3 aromatic rings. The Morgan fingerprint density at radius 1 is 0.974 bits per heavy atom. The third-order valence-corrected chi connectivity index (χ3v) is 8.55. The Morgan fingerprint density at radius 2 is 1.59 bits per heavy atom. The molecule has 1 N–H and O–H groups in total. The maximum atomic E-state index is 13.9. The van der Waals surface area contributed by atoms with E-state index in [1.807, 2.05) is 38.1 Å². The fraction of sp³-hybridized carbons (Fsp3) is 0.310. The minimum absolute atomic E-state index is 0.0184. The molecule has 0 fully saturated rings. The molecule has 0 saturated heterocycles. The van der Waals surface area contributed by atoms with Crippen molar-refractivity contribution in [1.29, 1.82) is 0 Å². The van der Waals surface area contributed by atoms with E-state index in [9.17, 15) is 18.0 Å². The van der Waals surface area contributed by atoms with Crippen molar-refractivity contribution < 1.29 is 22.7 Å². The molecule has 0 radical (unpaired) electrons. The first-order valence-corrected chi connectivity index (χ1v) is 14.8. The second kappa shape index (κ2) is 13.6. The number of hydrogen-bond donors (Lipinski definition) is 1. The Bertz CT molecular complexity index is 1360. The molecule has 3 aromatic carbocycles. The Morgan fingerprint density at radius 3 is 2.15 bits per heavy atom. The number of anilines is 1. The average molecular weight is 617 g/mol. The zero-order valence-corrected chi connectivity index (χ0v) is 25.0. The van der Waals surface area contributed by atoms with Crippen molar-refractivity contribution in [3.63, 3.8) is 0 Å². The second-order valence-electron chi connectivity index (χ2n) is 9.14. The summed E-state index contributed by atoms with van der Waals surface area (Å²) in [7, 11) is -2.64. The summed E-state index contributed by atoms with van der Waals surface area (Å²) in [6.07, 6.45) is 0.750. The first-order valence-electron chi connectivity index (χ1n) is 12.6. The molecular formula is C29H34BrN3O5S. The maximum Gasteiger partial charge on any atom is 0.264 e. The van der Waals surface area contributed by atoms with E-state index in [2.05, 4.69) is 21.2 Å². The molecule has 0 aliphatic heterocycles. The van der Waals surface area contributed by atoms with Crippen molar-refractivity contribution in [3.05, 3.63) is 88.4 Å². The first-order chi connectivity index (χ1) is 18.6. The number of rotatable bonds is 12. The number of carbonyl (C=O) groups excluding carboxylic acids is 2. The highest BCUT2D eigenvalue weighted by Crippen LogP contribution is 2.26. The van der Waals surface area contributed by atoms with E-state index < -0.39 is 28.5 Å². The molecule has 8 nitrogen and oxygen atoms in total. The van der Waals surface area contributed by atoms with Gasteiger partial charge in [-0.3, -0.25) is 13.9 Å². The van der Waals surface area contributed by atoms with Crippen LogP contribution in [0.4, 0.5) is 5.69 Å². The fourth-order valence-corrected chi connectivity index (χ4v) is 5.56. The molecule has 3 rings (SSSR count). The van der Waals surface area contributed by atoms with Gasteiger partial charge in [0.1, 0.15) is 18.3 Å². The van der Waals surface area contributed by atoms with Crippen LogP contribution in [0.5, 0.6) is 5.75 Å². The lowest BCUT2D eigenvalue weighted by molar-refractivity contribution is -0.139. The fourth-order valence-electron chi connectivity index (χ4n) is 3.88. The molecule has 0 spiro atoms. The maximum absolute atomic E-state index is 13.9. The highest BCUT2D eigenvalue weighted by molar-refractivity contribution is 9.10. The van der Waals surface area contributed by atoms with E-state index in [0.29, 0.717) is 18.0 Å². The largest absolute Gasteiger partial charge is 0.497 e. The lowest BCUT2D eigenvalue weighted by Crippen LogP contribution is -2.51. The number of carbonyl (C=O) groups is 2. The van der Waals surface area contributed by atoms with Crippen LogP contribution in [0.2, 0.25) is 0 Å². The Kier molecular flexibility index (Phi) is 10.5. The third-order valence-electron chi connectivity index (χ3n) is 6.23. The number of sulfonamides is 1. The molecule has 0 aliphatic rings. The van der Waals surface area contributed by atoms with Gasteiger partial charge >= 0.3 is 0 Å². The summed E-state index contributed by atoms with van der Waals surface area (Å²) in [6, 6.07) is 19.5. The van der Waals surface area contributed by atoms with Crippen LogP contribution in [-0.4, -0.2) is 51.4 Å². The van der Waals surface area contributed by atoms with Gasteiger partial charge in [-0.2, -0.15) is 0 Å². The zero-order chi connectivity index (χ0) is 28.6. The van der Waals surface area contributed by atoms with Gasteiger partial charge in [0.2, 0.25) is 11.8 Å². The lowest BCUT2D eigenvalue weighted by atomic mass is 10.1. The second-order valence-corrected chi connectivity index (χ2v) is 11.9. The smallest absolute Gasteiger partial charge is 0.264 e. The van der Waals surface area contributed by atoms with E-state index >= 15 is 0 Å². The van der Waals surface area contributed by atoms with Crippen molar-refractivity contribution in [3.8, 4) is 5.75 Å². The van der Waals surface area contributed by atoms with Gasteiger partial charge < -0.3 is 15.0 Å². The van der Waals surface area contributed by atoms with Gasteiger partial charge in [0, 0.05) is 17.6 Å². The van der Waals surface area contributed by atoms with Gasteiger partial charge in [0.15, 0.2) is 0 Å². The van der Waals surface area contributed by atoms with E-state index in [1.54, 1.807) is 43.3 Å². The predicted molar refractivity (Wildman–Crippen MR) is 156 cm³/mol.